The summed E-state index contributed by atoms with van der Waals surface area (Å²) >= 11 is 0. The van der Waals surface area contributed by atoms with Crippen molar-refractivity contribution in [3.05, 3.63) is 87.6 Å². The summed E-state index contributed by atoms with van der Waals surface area (Å²) in [6.07, 6.45) is 9.42. The van der Waals surface area contributed by atoms with Gasteiger partial charge in [0.2, 0.25) is 0 Å². The van der Waals surface area contributed by atoms with Crippen LogP contribution in [0.15, 0.2) is 53.8 Å². The number of pyridine rings is 2. The van der Waals surface area contributed by atoms with Crippen LogP contribution in [0.4, 0.5) is 0 Å². The first kappa shape index (κ1) is 21.0. The summed E-state index contributed by atoms with van der Waals surface area (Å²) in [4.78, 5) is 58.1. The van der Waals surface area contributed by atoms with Crippen molar-refractivity contribution < 1.29 is 9.59 Å². The highest BCUT2D eigenvalue weighted by Gasteiger charge is 2.32. The Labute approximate surface area is 190 Å². The molecule has 1 unspecified atom stereocenters. The van der Waals surface area contributed by atoms with Gasteiger partial charge in [0.1, 0.15) is 5.82 Å². The molecule has 2 aliphatic rings. The number of aromatic nitrogens is 4. The summed E-state index contributed by atoms with van der Waals surface area (Å²) in [5, 5.41) is 0. The fourth-order valence-electron chi connectivity index (χ4n) is 4.56. The quantitative estimate of drug-likeness (QED) is 0.662. The molecule has 1 N–H and O–H groups in total. The van der Waals surface area contributed by atoms with Gasteiger partial charge in [-0.1, -0.05) is 0 Å². The van der Waals surface area contributed by atoms with Crippen LogP contribution in [-0.2, 0) is 13.0 Å². The van der Waals surface area contributed by atoms with Crippen LogP contribution < -0.4 is 5.56 Å². The minimum Gasteiger partial charge on any atom is -0.334 e. The Morgan fingerprint density at radius 1 is 0.970 bits per heavy atom. The van der Waals surface area contributed by atoms with Gasteiger partial charge in [-0.25, -0.2) is 4.98 Å². The highest BCUT2D eigenvalue weighted by molar-refractivity contribution is 5.94. The molecule has 3 aromatic rings. The smallest absolute Gasteiger partial charge is 0.256 e. The zero-order chi connectivity index (χ0) is 22.8. The number of H-pyrrole nitrogens is 1. The number of carbonyl (C=O) groups excluding carboxylic acids is 2. The van der Waals surface area contributed by atoms with Crippen LogP contribution >= 0.6 is 0 Å². The maximum Gasteiger partial charge on any atom is 0.256 e. The molecule has 5 rings (SSSR count). The SMILES string of the molecule is O=C(c1cccnc1)N1CCc2nc(C3CCCCN3C(=O)c3cccnc3)[nH]c(=O)c2C1. The Morgan fingerprint density at radius 3 is 2.39 bits per heavy atom. The number of rotatable bonds is 3. The number of likely N-dealkylation sites (tertiary alicyclic amines) is 1. The molecular weight excluding hydrogens is 420 g/mol. The zero-order valence-electron chi connectivity index (χ0n) is 18.1. The van der Waals surface area contributed by atoms with Crippen molar-refractivity contribution in [1.29, 1.82) is 0 Å². The monoisotopic (exact) mass is 444 g/mol. The predicted octanol–water partition coefficient (Wildman–Crippen LogP) is 2.13. The van der Waals surface area contributed by atoms with Crippen LogP contribution in [0.5, 0.6) is 0 Å². The molecule has 0 aliphatic carbocycles. The van der Waals surface area contributed by atoms with Gasteiger partial charge in [-0.3, -0.25) is 24.4 Å². The van der Waals surface area contributed by atoms with E-state index in [1.54, 1.807) is 52.7 Å². The minimum atomic E-state index is -0.292. The van der Waals surface area contributed by atoms with E-state index >= 15 is 0 Å². The maximum absolute atomic E-state index is 13.1. The van der Waals surface area contributed by atoms with Crippen LogP contribution in [0, 0.1) is 0 Å². The van der Waals surface area contributed by atoms with E-state index in [4.69, 9.17) is 4.98 Å². The number of aromatic amines is 1. The summed E-state index contributed by atoms with van der Waals surface area (Å²) in [6.45, 7) is 1.28. The predicted molar refractivity (Wildman–Crippen MR) is 119 cm³/mol. The molecule has 2 aliphatic heterocycles. The molecule has 2 amide bonds. The van der Waals surface area contributed by atoms with Gasteiger partial charge in [-0.05, 0) is 43.5 Å². The van der Waals surface area contributed by atoms with Gasteiger partial charge in [0, 0.05) is 44.3 Å². The largest absolute Gasteiger partial charge is 0.334 e. The molecule has 1 fully saturated rings. The third kappa shape index (κ3) is 4.13. The lowest BCUT2D eigenvalue weighted by Gasteiger charge is -2.35. The van der Waals surface area contributed by atoms with Gasteiger partial charge < -0.3 is 14.8 Å². The zero-order valence-corrected chi connectivity index (χ0v) is 18.1. The number of nitrogens with zero attached hydrogens (tertiary/aromatic N) is 5. The van der Waals surface area contributed by atoms with E-state index in [0.29, 0.717) is 47.7 Å². The molecule has 0 bridgehead atoms. The molecular formula is C24H24N6O3. The van der Waals surface area contributed by atoms with E-state index in [0.717, 1.165) is 19.3 Å². The molecule has 0 saturated carbocycles. The van der Waals surface area contributed by atoms with Gasteiger partial charge in [-0.15, -0.1) is 0 Å². The lowest BCUT2D eigenvalue weighted by atomic mass is 9.99. The van der Waals surface area contributed by atoms with Crippen molar-refractivity contribution >= 4 is 11.8 Å². The number of hydrogen-bond acceptors (Lipinski definition) is 6. The molecule has 9 heteroatoms. The summed E-state index contributed by atoms with van der Waals surface area (Å²) in [6, 6.07) is 6.63. The Bertz CT molecular complexity index is 1230. The Kier molecular flexibility index (Phi) is 5.68. The van der Waals surface area contributed by atoms with Gasteiger partial charge in [0.15, 0.2) is 0 Å². The van der Waals surface area contributed by atoms with Crippen molar-refractivity contribution in [2.75, 3.05) is 13.1 Å². The van der Waals surface area contributed by atoms with E-state index in [9.17, 15) is 14.4 Å². The topological polar surface area (TPSA) is 112 Å². The van der Waals surface area contributed by atoms with Gasteiger partial charge in [-0.2, -0.15) is 0 Å². The molecule has 1 saturated heterocycles. The standard InChI is InChI=1S/C24H24N6O3/c31-22-18-15-29(23(32)16-5-3-9-25-13-16)12-8-19(18)27-21(28-22)20-7-1-2-11-30(20)24(33)17-6-4-10-26-14-17/h3-6,9-10,13-14,20H,1-2,7-8,11-12,15H2,(H,27,28,31). The summed E-state index contributed by atoms with van der Waals surface area (Å²) in [5.74, 6) is 0.252. The number of fused-ring (bicyclic) bond motifs is 1. The lowest BCUT2D eigenvalue weighted by molar-refractivity contribution is 0.0596. The average Bonchev–Trinajstić information content (AvgIpc) is 2.88. The van der Waals surface area contributed by atoms with Gasteiger partial charge >= 0.3 is 0 Å². The molecule has 0 radical (unpaired) electrons. The number of carbonyl (C=O) groups is 2. The molecule has 0 spiro atoms. The molecule has 1 atom stereocenters. The van der Waals surface area contributed by atoms with Crippen molar-refractivity contribution in [2.45, 2.75) is 38.3 Å². The van der Waals surface area contributed by atoms with Gasteiger partial charge in [0.05, 0.1) is 35.0 Å². The second-order valence-electron chi connectivity index (χ2n) is 8.35. The Balaban J connectivity index is 1.41. The first-order valence-corrected chi connectivity index (χ1v) is 11.1. The van der Waals surface area contributed by atoms with E-state index in [1.807, 2.05) is 0 Å². The summed E-state index contributed by atoms with van der Waals surface area (Å²) < 4.78 is 0. The molecule has 33 heavy (non-hydrogen) atoms. The van der Waals surface area contributed by atoms with Crippen LogP contribution in [0.1, 0.15) is 63.1 Å². The van der Waals surface area contributed by atoms with E-state index < -0.39 is 0 Å². The summed E-state index contributed by atoms with van der Waals surface area (Å²) in [7, 11) is 0. The van der Waals surface area contributed by atoms with Gasteiger partial charge in [0.25, 0.3) is 17.4 Å². The third-order valence-electron chi connectivity index (χ3n) is 6.27. The molecule has 168 valence electrons. The highest BCUT2D eigenvalue weighted by atomic mass is 16.2. The number of hydrogen-bond donors (Lipinski definition) is 1. The fourth-order valence-corrected chi connectivity index (χ4v) is 4.56. The Hall–Kier alpha value is -3.88. The summed E-state index contributed by atoms with van der Waals surface area (Å²) in [5.41, 5.74) is 1.97. The van der Waals surface area contributed by atoms with Crippen LogP contribution in [0.25, 0.3) is 0 Å². The molecule has 0 aromatic carbocycles. The first-order valence-electron chi connectivity index (χ1n) is 11.1. The van der Waals surface area contributed by atoms with Crippen LogP contribution in [-0.4, -0.2) is 54.6 Å². The lowest BCUT2D eigenvalue weighted by Crippen LogP contribution is -2.42. The molecule has 3 aromatic heterocycles. The second-order valence-corrected chi connectivity index (χ2v) is 8.35. The maximum atomic E-state index is 13.1. The van der Waals surface area contributed by atoms with Crippen molar-refractivity contribution in [1.82, 2.24) is 29.7 Å². The van der Waals surface area contributed by atoms with E-state index in [1.165, 1.54) is 6.20 Å². The third-order valence-corrected chi connectivity index (χ3v) is 6.27. The molecule has 9 nitrogen and oxygen atoms in total. The fraction of sp³-hybridized carbons (Fsp3) is 0.333. The molecule has 5 heterocycles. The van der Waals surface area contributed by atoms with Crippen LogP contribution in [0.3, 0.4) is 0 Å². The average molecular weight is 444 g/mol. The minimum absolute atomic E-state index is 0.110. The van der Waals surface area contributed by atoms with E-state index in [2.05, 4.69) is 15.0 Å². The number of piperidine rings is 1. The number of nitrogens with one attached hydrogen (secondary N) is 1. The number of amides is 2. The second kappa shape index (κ2) is 8.93. The van der Waals surface area contributed by atoms with Crippen molar-refractivity contribution in [3.8, 4) is 0 Å². The normalized spacial score (nSPS) is 18.0. The van der Waals surface area contributed by atoms with Crippen molar-refractivity contribution in [2.24, 2.45) is 0 Å². The highest BCUT2D eigenvalue weighted by Crippen LogP contribution is 2.30. The van der Waals surface area contributed by atoms with Crippen LogP contribution in [0.2, 0.25) is 0 Å². The Morgan fingerprint density at radius 2 is 1.70 bits per heavy atom. The first-order chi connectivity index (χ1) is 16.1. The van der Waals surface area contributed by atoms with E-state index in [-0.39, 0.29) is 30.0 Å². The van der Waals surface area contributed by atoms with Crippen molar-refractivity contribution in [3.63, 3.8) is 0 Å².